The number of carbonyl (C=O) groups excluding carboxylic acids is 2. The summed E-state index contributed by atoms with van der Waals surface area (Å²) in [6.45, 7) is 4.46. The van der Waals surface area contributed by atoms with Gasteiger partial charge in [-0.2, -0.15) is 0 Å². The van der Waals surface area contributed by atoms with Gasteiger partial charge in [0, 0.05) is 31.1 Å². The number of hydrogen-bond acceptors (Lipinski definition) is 7. The Morgan fingerprint density at radius 3 is 2.87 bits per heavy atom. The second-order valence-corrected chi connectivity index (χ2v) is 7.80. The number of amides is 2. The highest BCUT2D eigenvalue weighted by atomic mass is 32.2. The van der Waals surface area contributed by atoms with Gasteiger partial charge in [0.1, 0.15) is 11.6 Å². The molecule has 0 aliphatic heterocycles. The minimum atomic E-state index is -0.570. The quantitative estimate of drug-likeness (QED) is 0.367. The monoisotopic (exact) mass is 446 g/mol. The predicted molar refractivity (Wildman–Crippen MR) is 114 cm³/mol. The average molecular weight is 447 g/mol. The van der Waals surface area contributed by atoms with Crippen molar-refractivity contribution in [2.24, 2.45) is 0 Å². The molecular formula is C19H19FN6O2S2. The second-order valence-electron chi connectivity index (χ2n) is 5.96. The van der Waals surface area contributed by atoms with Gasteiger partial charge >= 0.3 is 0 Å². The normalized spacial score (nSPS) is 10.6. The molecule has 2 amide bonds. The molecule has 0 fully saturated rings. The number of nitrogens with zero attached hydrogens (tertiary/aromatic N) is 4. The lowest BCUT2D eigenvalue weighted by Crippen LogP contribution is -2.27. The van der Waals surface area contributed by atoms with E-state index < -0.39 is 11.7 Å². The number of halogens is 1. The van der Waals surface area contributed by atoms with Gasteiger partial charge in [-0.3, -0.25) is 9.59 Å². The van der Waals surface area contributed by atoms with Crippen LogP contribution in [0.15, 0.2) is 53.7 Å². The number of aromatic nitrogens is 4. The molecule has 3 aromatic rings. The van der Waals surface area contributed by atoms with Crippen LogP contribution >= 0.6 is 23.1 Å². The maximum atomic E-state index is 13.7. The van der Waals surface area contributed by atoms with Crippen LogP contribution in [0.1, 0.15) is 16.2 Å². The summed E-state index contributed by atoms with van der Waals surface area (Å²) in [6, 6.07) is 5.80. The number of carbonyl (C=O) groups is 2. The van der Waals surface area contributed by atoms with Crippen molar-refractivity contribution < 1.29 is 14.0 Å². The molecule has 0 aliphatic rings. The van der Waals surface area contributed by atoms with E-state index in [4.69, 9.17) is 0 Å². The predicted octanol–water partition coefficient (Wildman–Crippen LogP) is 2.76. The van der Waals surface area contributed by atoms with Gasteiger partial charge in [-0.15, -0.1) is 28.1 Å². The molecule has 0 bridgehead atoms. The molecule has 1 aromatic carbocycles. The fourth-order valence-electron chi connectivity index (χ4n) is 2.52. The summed E-state index contributed by atoms with van der Waals surface area (Å²) in [5.41, 5.74) is -0.00690. The largest absolute Gasteiger partial charge is 0.351 e. The highest BCUT2D eigenvalue weighted by Crippen LogP contribution is 2.18. The van der Waals surface area contributed by atoms with Crippen LogP contribution in [-0.4, -0.2) is 43.9 Å². The van der Waals surface area contributed by atoms with Crippen molar-refractivity contribution in [2.75, 3.05) is 17.6 Å². The molecule has 8 nitrogen and oxygen atoms in total. The zero-order valence-electron chi connectivity index (χ0n) is 15.9. The highest BCUT2D eigenvalue weighted by Gasteiger charge is 2.15. The number of anilines is 1. The van der Waals surface area contributed by atoms with Gasteiger partial charge in [0.25, 0.3) is 5.91 Å². The Bertz CT molecular complexity index is 1020. The molecule has 0 saturated heterocycles. The number of nitrogens with one attached hydrogen (secondary N) is 2. The van der Waals surface area contributed by atoms with E-state index in [9.17, 15) is 14.0 Å². The smallest absolute Gasteiger partial charge is 0.254 e. The molecule has 2 aromatic heterocycles. The van der Waals surface area contributed by atoms with Crippen LogP contribution in [0, 0.1) is 5.82 Å². The Labute approximate surface area is 180 Å². The van der Waals surface area contributed by atoms with E-state index in [1.807, 2.05) is 4.57 Å². The van der Waals surface area contributed by atoms with Gasteiger partial charge in [-0.1, -0.05) is 30.0 Å². The number of thiazole rings is 1. The Kier molecular flexibility index (Phi) is 7.69. The van der Waals surface area contributed by atoms with E-state index in [0.29, 0.717) is 29.1 Å². The molecule has 2 heterocycles. The Hall–Kier alpha value is -3.05. The molecule has 30 heavy (non-hydrogen) atoms. The van der Waals surface area contributed by atoms with Gasteiger partial charge in [-0.05, 0) is 12.1 Å². The lowest BCUT2D eigenvalue weighted by Gasteiger charge is -2.09. The summed E-state index contributed by atoms with van der Waals surface area (Å²) in [4.78, 5) is 28.2. The molecule has 2 N–H and O–H groups in total. The van der Waals surface area contributed by atoms with Crippen molar-refractivity contribution in [3.8, 4) is 0 Å². The molecule has 0 atom stereocenters. The zero-order valence-corrected chi connectivity index (χ0v) is 17.5. The maximum Gasteiger partial charge on any atom is 0.254 e. The molecule has 0 unspecified atom stereocenters. The molecule has 156 valence electrons. The average Bonchev–Trinajstić information content (AvgIpc) is 3.37. The number of hydrogen-bond donors (Lipinski definition) is 2. The fourth-order valence-corrected chi connectivity index (χ4v) is 3.83. The zero-order chi connectivity index (χ0) is 21.3. The third-order valence-corrected chi connectivity index (χ3v) is 5.52. The van der Waals surface area contributed by atoms with Crippen LogP contribution in [0.3, 0.4) is 0 Å². The Morgan fingerprint density at radius 1 is 1.30 bits per heavy atom. The van der Waals surface area contributed by atoms with Gasteiger partial charge in [-0.25, -0.2) is 9.37 Å². The van der Waals surface area contributed by atoms with Crippen LogP contribution in [0.5, 0.6) is 0 Å². The molecule has 0 spiro atoms. The summed E-state index contributed by atoms with van der Waals surface area (Å²) in [5.74, 6) is -0.469. The molecule has 3 rings (SSSR count). The third kappa shape index (κ3) is 5.74. The van der Waals surface area contributed by atoms with Crippen molar-refractivity contribution in [2.45, 2.75) is 18.1 Å². The molecular weight excluding hydrogens is 427 g/mol. The standard InChI is InChI=1S/C19H19FN6O2S2/c1-2-10-26-15(7-8-21-17(28)13-5-3-4-6-14(13)20)24-25-19(26)30-12-16(27)23-18-22-9-11-29-18/h2-6,9,11H,1,7-8,10,12H2,(H,21,28)(H,22,23,27). The van der Waals surface area contributed by atoms with Gasteiger partial charge in [0.15, 0.2) is 10.3 Å². The van der Waals surface area contributed by atoms with Crippen molar-refractivity contribution in [3.05, 3.63) is 65.7 Å². The topological polar surface area (TPSA) is 102 Å². The summed E-state index contributed by atoms with van der Waals surface area (Å²) in [6.07, 6.45) is 3.71. The van der Waals surface area contributed by atoms with E-state index in [2.05, 4.69) is 32.4 Å². The number of benzene rings is 1. The van der Waals surface area contributed by atoms with E-state index in [-0.39, 0.29) is 23.8 Å². The lowest BCUT2D eigenvalue weighted by atomic mass is 10.2. The van der Waals surface area contributed by atoms with Crippen LogP contribution in [0.4, 0.5) is 9.52 Å². The van der Waals surface area contributed by atoms with Crippen molar-refractivity contribution in [1.29, 1.82) is 0 Å². The first-order valence-electron chi connectivity index (χ1n) is 8.96. The van der Waals surface area contributed by atoms with Crippen molar-refractivity contribution >= 4 is 40.0 Å². The van der Waals surface area contributed by atoms with Crippen molar-refractivity contribution in [1.82, 2.24) is 25.1 Å². The summed E-state index contributed by atoms with van der Waals surface area (Å²) in [7, 11) is 0. The molecule has 0 radical (unpaired) electrons. The van der Waals surface area contributed by atoms with Crippen LogP contribution in [-0.2, 0) is 17.8 Å². The molecule has 11 heteroatoms. The number of rotatable bonds is 10. The van der Waals surface area contributed by atoms with Crippen LogP contribution in [0.25, 0.3) is 0 Å². The minimum Gasteiger partial charge on any atom is -0.351 e. The SMILES string of the molecule is C=CCn1c(CCNC(=O)c2ccccc2F)nnc1SCC(=O)Nc1nccs1. The first kappa shape index (κ1) is 21.7. The van der Waals surface area contributed by atoms with Crippen LogP contribution < -0.4 is 10.6 Å². The Morgan fingerprint density at radius 2 is 2.13 bits per heavy atom. The van der Waals surface area contributed by atoms with Crippen LogP contribution in [0.2, 0.25) is 0 Å². The summed E-state index contributed by atoms with van der Waals surface area (Å²) < 4.78 is 15.5. The maximum absolute atomic E-state index is 13.7. The third-order valence-electron chi connectivity index (χ3n) is 3.87. The first-order valence-corrected chi connectivity index (χ1v) is 10.8. The van der Waals surface area contributed by atoms with E-state index in [1.165, 1.54) is 41.3 Å². The Balaban J connectivity index is 1.55. The second kappa shape index (κ2) is 10.6. The van der Waals surface area contributed by atoms with Crippen molar-refractivity contribution in [3.63, 3.8) is 0 Å². The highest BCUT2D eigenvalue weighted by molar-refractivity contribution is 7.99. The first-order chi connectivity index (χ1) is 14.6. The van der Waals surface area contributed by atoms with Gasteiger partial charge < -0.3 is 15.2 Å². The van der Waals surface area contributed by atoms with E-state index >= 15 is 0 Å². The van der Waals surface area contributed by atoms with Gasteiger partial charge in [0.05, 0.1) is 11.3 Å². The van der Waals surface area contributed by atoms with E-state index in [0.717, 1.165) is 0 Å². The fraction of sp³-hybridized carbons (Fsp3) is 0.211. The van der Waals surface area contributed by atoms with Gasteiger partial charge in [0.2, 0.25) is 5.91 Å². The lowest BCUT2D eigenvalue weighted by molar-refractivity contribution is -0.113. The minimum absolute atomic E-state index is 0.00690. The summed E-state index contributed by atoms with van der Waals surface area (Å²) >= 11 is 2.59. The number of allylic oxidation sites excluding steroid dienone is 1. The molecule has 0 saturated carbocycles. The molecule has 0 aliphatic carbocycles. The summed E-state index contributed by atoms with van der Waals surface area (Å²) in [5, 5.41) is 16.6. The van der Waals surface area contributed by atoms with E-state index in [1.54, 1.807) is 23.7 Å². The number of thioether (sulfide) groups is 1.